The first kappa shape index (κ1) is 20.2. The van der Waals surface area contributed by atoms with Gasteiger partial charge in [0.1, 0.15) is 0 Å². The van der Waals surface area contributed by atoms with Crippen LogP contribution >= 0.6 is 24.0 Å². The summed E-state index contributed by atoms with van der Waals surface area (Å²) < 4.78 is 5.12. The van der Waals surface area contributed by atoms with Crippen LogP contribution in [0.15, 0.2) is 17.1 Å². The van der Waals surface area contributed by atoms with Gasteiger partial charge in [-0.2, -0.15) is 0 Å². The highest BCUT2D eigenvalue weighted by atomic mass is 127. The molecular formula is C16H28IN3O. The number of aryl methyl sites for hydroxylation is 3. The molecule has 1 aromatic carbocycles. The molecule has 2 N–H and O–H groups in total. The molecule has 0 saturated carbocycles. The smallest absolute Gasteiger partial charge is 0.191 e. The topological polar surface area (TPSA) is 45.7 Å². The molecule has 1 aromatic rings. The van der Waals surface area contributed by atoms with Gasteiger partial charge in [-0.15, -0.1) is 24.0 Å². The molecule has 0 aliphatic heterocycles. The molecular weight excluding hydrogens is 377 g/mol. The van der Waals surface area contributed by atoms with Crippen molar-refractivity contribution in [2.24, 2.45) is 4.99 Å². The van der Waals surface area contributed by atoms with E-state index in [-0.39, 0.29) is 30.0 Å². The van der Waals surface area contributed by atoms with E-state index in [1.165, 1.54) is 22.3 Å². The summed E-state index contributed by atoms with van der Waals surface area (Å²) in [5, 5.41) is 6.66. The second-order valence-electron chi connectivity index (χ2n) is 5.30. The third-order valence-corrected chi connectivity index (χ3v) is 3.30. The summed E-state index contributed by atoms with van der Waals surface area (Å²) in [5.41, 5.74) is 5.27. The number of halogens is 1. The predicted molar refractivity (Wildman–Crippen MR) is 101 cm³/mol. The van der Waals surface area contributed by atoms with Gasteiger partial charge in [0.15, 0.2) is 5.96 Å². The quantitative estimate of drug-likeness (QED) is 0.450. The fourth-order valence-electron chi connectivity index (χ4n) is 2.38. The van der Waals surface area contributed by atoms with Crippen molar-refractivity contribution in [2.75, 3.05) is 20.8 Å². The number of benzene rings is 1. The lowest BCUT2D eigenvalue weighted by atomic mass is 10.00. The number of nitrogens with zero attached hydrogens (tertiary/aromatic N) is 1. The average molecular weight is 405 g/mol. The Morgan fingerprint density at radius 2 is 1.81 bits per heavy atom. The van der Waals surface area contributed by atoms with Gasteiger partial charge < -0.3 is 15.4 Å². The zero-order valence-electron chi connectivity index (χ0n) is 13.9. The number of guanidine groups is 1. The lowest BCUT2D eigenvalue weighted by molar-refractivity contribution is 0.179. The maximum Gasteiger partial charge on any atom is 0.191 e. The number of aliphatic imine (C=N–C) groups is 1. The molecule has 0 bridgehead atoms. The van der Waals surface area contributed by atoms with Crippen molar-refractivity contribution in [1.82, 2.24) is 10.6 Å². The summed E-state index contributed by atoms with van der Waals surface area (Å²) in [5.74, 6) is 0.800. The van der Waals surface area contributed by atoms with Crippen LogP contribution in [0.5, 0.6) is 0 Å². The summed E-state index contributed by atoms with van der Waals surface area (Å²) in [6.07, 6.45) is 0. The van der Waals surface area contributed by atoms with Gasteiger partial charge in [-0.25, -0.2) is 0 Å². The molecule has 0 heterocycles. The van der Waals surface area contributed by atoms with Crippen molar-refractivity contribution in [2.45, 2.75) is 40.3 Å². The second-order valence-corrected chi connectivity index (χ2v) is 5.30. The molecule has 1 rings (SSSR count). The highest BCUT2D eigenvalue weighted by Crippen LogP contribution is 2.15. The predicted octanol–water partition coefficient (Wildman–Crippen LogP) is 2.93. The molecule has 0 saturated heterocycles. The van der Waals surface area contributed by atoms with Crippen molar-refractivity contribution >= 4 is 29.9 Å². The van der Waals surface area contributed by atoms with Crippen LogP contribution in [0, 0.1) is 20.8 Å². The lowest BCUT2D eigenvalue weighted by Crippen LogP contribution is -2.43. The molecule has 1 atom stereocenters. The Morgan fingerprint density at radius 3 is 2.29 bits per heavy atom. The van der Waals surface area contributed by atoms with E-state index in [1.807, 2.05) is 0 Å². The molecule has 120 valence electrons. The van der Waals surface area contributed by atoms with E-state index in [2.05, 4.69) is 55.5 Å². The molecule has 0 aliphatic carbocycles. The largest absolute Gasteiger partial charge is 0.383 e. The minimum Gasteiger partial charge on any atom is -0.383 e. The average Bonchev–Trinajstić information content (AvgIpc) is 2.36. The number of hydrogen-bond acceptors (Lipinski definition) is 2. The summed E-state index contributed by atoms with van der Waals surface area (Å²) in [6.45, 7) is 9.94. The molecule has 0 amide bonds. The maximum absolute atomic E-state index is 5.12. The molecule has 0 spiro atoms. The van der Waals surface area contributed by atoms with E-state index < -0.39 is 0 Å². The van der Waals surface area contributed by atoms with Crippen LogP contribution in [-0.4, -0.2) is 32.8 Å². The van der Waals surface area contributed by atoms with Crippen molar-refractivity contribution in [3.8, 4) is 0 Å². The summed E-state index contributed by atoms with van der Waals surface area (Å²) >= 11 is 0. The van der Waals surface area contributed by atoms with Gasteiger partial charge in [-0.3, -0.25) is 4.99 Å². The monoisotopic (exact) mass is 405 g/mol. The fourth-order valence-corrected chi connectivity index (χ4v) is 2.38. The van der Waals surface area contributed by atoms with Gasteiger partial charge in [-0.05, 0) is 44.4 Å². The highest BCUT2D eigenvalue weighted by Gasteiger charge is 2.07. The molecule has 0 aromatic heterocycles. The molecule has 4 nitrogen and oxygen atoms in total. The summed E-state index contributed by atoms with van der Waals surface area (Å²) in [7, 11) is 3.48. The standard InChI is InChI=1S/C16H27N3O.HI/c1-11-7-12(2)15(13(3)8-11)9-18-16(17-5)19-14(4)10-20-6;/h7-8,14H,9-10H2,1-6H3,(H2,17,18,19);1H. The Kier molecular flexibility index (Phi) is 9.61. The first-order valence-electron chi connectivity index (χ1n) is 7.00. The van der Waals surface area contributed by atoms with Crippen LogP contribution in [0.2, 0.25) is 0 Å². The van der Waals surface area contributed by atoms with Gasteiger partial charge in [0.2, 0.25) is 0 Å². The Labute approximate surface area is 145 Å². The van der Waals surface area contributed by atoms with Crippen molar-refractivity contribution in [3.05, 3.63) is 34.4 Å². The van der Waals surface area contributed by atoms with E-state index in [0.717, 1.165) is 12.5 Å². The highest BCUT2D eigenvalue weighted by molar-refractivity contribution is 14.0. The first-order chi connectivity index (χ1) is 9.47. The van der Waals surface area contributed by atoms with E-state index in [9.17, 15) is 0 Å². The zero-order valence-corrected chi connectivity index (χ0v) is 16.2. The van der Waals surface area contributed by atoms with E-state index in [0.29, 0.717) is 6.61 Å². The third kappa shape index (κ3) is 6.65. The minimum absolute atomic E-state index is 0. The SMILES string of the molecule is CN=C(NCc1c(C)cc(C)cc1C)NC(C)COC.I. The summed E-state index contributed by atoms with van der Waals surface area (Å²) in [6, 6.07) is 4.66. The van der Waals surface area contributed by atoms with Gasteiger partial charge in [-0.1, -0.05) is 17.7 Å². The minimum atomic E-state index is 0. The Balaban J connectivity index is 0.00000400. The zero-order chi connectivity index (χ0) is 15.1. The van der Waals surface area contributed by atoms with Crippen molar-refractivity contribution in [1.29, 1.82) is 0 Å². The third-order valence-electron chi connectivity index (χ3n) is 3.30. The van der Waals surface area contributed by atoms with Gasteiger partial charge in [0, 0.05) is 26.7 Å². The van der Waals surface area contributed by atoms with Crippen LogP contribution < -0.4 is 10.6 Å². The molecule has 0 fully saturated rings. The van der Waals surface area contributed by atoms with Crippen molar-refractivity contribution in [3.63, 3.8) is 0 Å². The van der Waals surface area contributed by atoms with E-state index in [1.54, 1.807) is 14.2 Å². The van der Waals surface area contributed by atoms with E-state index >= 15 is 0 Å². The van der Waals surface area contributed by atoms with Gasteiger partial charge in [0.05, 0.1) is 6.61 Å². The number of hydrogen-bond donors (Lipinski definition) is 2. The van der Waals surface area contributed by atoms with Crippen LogP contribution in [0.25, 0.3) is 0 Å². The van der Waals surface area contributed by atoms with Crippen LogP contribution in [0.4, 0.5) is 0 Å². The van der Waals surface area contributed by atoms with Crippen molar-refractivity contribution < 1.29 is 4.74 Å². The Hall–Kier alpha value is -0.820. The summed E-state index contributed by atoms with van der Waals surface area (Å²) in [4.78, 5) is 4.24. The maximum atomic E-state index is 5.12. The Morgan fingerprint density at radius 1 is 1.24 bits per heavy atom. The van der Waals surface area contributed by atoms with Gasteiger partial charge >= 0.3 is 0 Å². The van der Waals surface area contributed by atoms with Crippen LogP contribution in [-0.2, 0) is 11.3 Å². The molecule has 0 aliphatic rings. The lowest BCUT2D eigenvalue weighted by Gasteiger charge is -2.18. The molecule has 21 heavy (non-hydrogen) atoms. The van der Waals surface area contributed by atoms with E-state index in [4.69, 9.17) is 4.74 Å². The normalized spacial score (nSPS) is 12.6. The van der Waals surface area contributed by atoms with Crippen LogP contribution in [0.1, 0.15) is 29.2 Å². The number of rotatable bonds is 5. The number of ether oxygens (including phenoxy) is 1. The Bertz CT molecular complexity index is 452. The second kappa shape index (κ2) is 10.00. The first-order valence-corrected chi connectivity index (χ1v) is 7.00. The van der Waals surface area contributed by atoms with Gasteiger partial charge in [0.25, 0.3) is 0 Å². The van der Waals surface area contributed by atoms with Crippen LogP contribution in [0.3, 0.4) is 0 Å². The fraction of sp³-hybridized carbons (Fsp3) is 0.562. The molecule has 5 heteroatoms. The molecule has 1 unspecified atom stereocenters. The number of nitrogens with one attached hydrogen (secondary N) is 2. The number of methoxy groups -OCH3 is 1. The molecule has 0 radical (unpaired) electrons.